The second-order valence-corrected chi connectivity index (χ2v) is 5.40. The van der Waals surface area contributed by atoms with Crippen LogP contribution in [0.2, 0.25) is 0 Å². The van der Waals surface area contributed by atoms with Gasteiger partial charge in [0.2, 0.25) is 17.7 Å². The molecule has 0 aliphatic carbocycles. The molecule has 0 spiro atoms. The number of nitrogens with zero attached hydrogens (tertiary/aromatic N) is 2. The number of rotatable bonds is 2. The van der Waals surface area contributed by atoms with Crippen molar-refractivity contribution in [3.63, 3.8) is 0 Å². The molecule has 0 radical (unpaired) electrons. The third-order valence-corrected chi connectivity index (χ3v) is 3.28. The van der Waals surface area contributed by atoms with E-state index in [1.165, 1.54) is 0 Å². The Kier molecular flexibility index (Phi) is 3.34. The number of aromatic nitrogens is 1. The van der Waals surface area contributed by atoms with E-state index in [9.17, 15) is 9.59 Å². The molecule has 1 aliphatic heterocycles. The van der Waals surface area contributed by atoms with E-state index in [0.29, 0.717) is 25.4 Å². The average molecular weight is 265 g/mol. The lowest BCUT2D eigenvalue weighted by atomic mass is 10.0. The van der Waals surface area contributed by atoms with E-state index >= 15 is 0 Å². The van der Waals surface area contributed by atoms with Crippen molar-refractivity contribution in [1.29, 1.82) is 0 Å². The minimum atomic E-state index is -0.885. The largest absolute Gasteiger partial charge is 0.444 e. The standard InChI is InChI=1S/C13H19N3O3/c1-8-9(2)19-11(14-8)7-16-6-5-10(17)15-13(3,4)12(16)18/h5-7H2,1-4H3,(H,15,17). The molecule has 1 fully saturated rings. The molecule has 104 valence electrons. The van der Waals surface area contributed by atoms with Gasteiger partial charge in [-0.3, -0.25) is 9.59 Å². The first-order chi connectivity index (χ1) is 8.79. The van der Waals surface area contributed by atoms with Gasteiger partial charge in [0, 0.05) is 13.0 Å². The van der Waals surface area contributed by atoms with Gasteiger partial charge in [-0.05, 0) is 27.7 Å². The quantitative estimate of drug-likeness (QED) is 0.862. The highest BCUT2D eigenvalue weighted by atomic mass is 16.4. The molecule has 2 rings (SSSR count). The second kappa shape index (κ2) is 4.68. The maximum absolute atomic E-state index is 12.4. The van der Waals surface area contributed by atoms with Crippen LogP contribution in [0.1, 0.15) is 37.6 Å². The Labute approximate surface area is 112 Å². The number of aryl methyl sites for hydroxylation is 2. The first-order valence-corrected chi connectivity index (χ1v) is 6.33. The van der Waals surface area contributed by atoms with E-state index < -0.39 is 5.54 Å². The molecular formula is C13H19N3O3. The van der Waals surface area contributed by atoms with Crippen molar-refractivity contribution >= 4 is 11.8 Å². The van der Waals surface area contributed by atoms with Crippen molar-refractivity contribution in [2.45, 2.75) is 46.2 Å². The SMILES string of the molecule is Cc1nc(CN2CCC(=O)NC(C)(C)C2=O)oc1C. The van der Waals surface area contributed by atoms with Crippen LogP contribution in [0.15, 0.2) is 4.42 Å². The number of hydrogen-bond donors (Lipinski definition) is 1. The third-order valence-electron chi connectivity index (χ3n) is 3.28. The number of nitrogens with one attached hydrogen (secondary N) is 1. The van der Waals surface area contributed by atoms with E-state index in [0.717, 1.165) is 11.5 Å². The highest BCUT2D eigenvalue weighted by Crippen LogP contribution is 2.17. The van der Waals surface area contributed by atoms with Gasteiger partial charge < -0.3 is 14.6 Å². The molecule has 0 saturated carbocycles. The molecule has 2 heterocycles. The summed E-state index contributed by atoms with van der Waals surface area (Å²) in [5.41, 5.74) is -0.0599. The molecule has 6 nitrogen and oxygen atoms in total. The smallest absolute Gasteiger partial charge is 0.248 e. The van der Waals surface area contributed by atoms with Gasteiger partial charge in [-0.15, -0.1) is 0 Å². The van der Waals surface area contributed by atoms with Crippen molar-refractivity contribution < 1.29 is 14.0 Å². The highest BCUT2D eigenvalue weighted by Gasteiger charge is 2.36. The van der Waals surface area contributed by atoms with Gasteiger partial charge >= 0.3 is 0 Å². The lowest BCUT2D eigenvalue weighted by Gasteiger charge is -2.27. The van der Waals surface area contributed by atoms with E-state index in [-0.39, 0.29) is 11.8 Å². The van der Waals surface area contributed by atoms with Crippen molar-refractivity contribution in [2.75, 3.05) is 6.54 Å². The first kappa shape index (κ1) is 13.6. The van der Waals surface area contributed by atoms with Crippen LogP contribution in [0.4, 0.5) is 0 Å². The lowest BCUT2D eigenvalue weighted by Crippen LogP contribution is -2.52. The van der Waals surface area contributed by atoms with E-state index in [4.69, 9.17) is 4.42 Å². The van der Waals surface area contributed by atoms with Gasteiger partial charge in [0.15, 0.2) is 0 Å². The van der Waals surface area contributed by atoms with Gasteiger partial charge in [0.25, 0.3) is 0 Å². The molecule has 19 heavy (non-hydrogen) atoms. The maximum Gasteiger partial charge on any atom is 0.248 e. The van der Waals surface area contributed by atoms with E-state index in [2.05, 4.69) is 10.3 Å². The van der Waals surface area contributed by atoms with Crippen LogP contribution in [-0.4, -0.2) is 33.8 Å². The molecule has 0 unspecified atom stereocenters. The summed E-state index contributed by atoms with van der Waals surface area (Å²) < 4.78 is 5.49. The van der Waals surface area contributed by atoms with Gasteiger partial charge in [0.1, 0.15) is 11.3 Å². The molecule has 1 N–H and O–H groups in total. The van der Waals surface area contributed by atoms with Crippen molar-refractivity contribution in [2.24, 2.45) is 0 Å². The lowest BCUT2D eigenvalue weighted by molar-refractivity contribution is -0.138. The zero-order chi connectivity index (χ0) is 14.2. The monoisotopic (exact) mass is 265 g/mol. The third kappa shape index (κ3) is 2.77. The molecule has 0 atom stereocenters. The number of hydrogen-bond acceptors (Lipinski definition) is 4. The van der Waals surface area contributed by atoms with Crippen LogP contribution >= 0.6 is 0 Å². The Bertz CT molecular complexity index is 500. The number of amides is 2. The van der Waals surface area contributed by atoms with E-state index in [1.807, 2.05) is 13.8 Å². The highest BCUT2D eigenvalue weighted by molar-refractivity contribution is 5.92. The summed E-state index contributed by atoms with van der Waals surface area (Å²) in [6.45, 7) is 7.79. The minimum Gasteiger partial charge on any atom is -0.444 e. The molecule has 1 saturated heterocycles. The Balaban J connectivity index is 2.18. The number of carbonyl (C=O) groups excluding carboxylic acids is 2. The number of carbonyl (C=O) groups is 2. The Morgan fingerprint density at radius 1 is 1.37 bits per heavy atom. The Morgan fingerprint density at radius 2 is 2.05 bits per heavy atom. The predicted octanol–water partition coefficient (Wildman–Crippen LogP) is 0.919. The van der Waals surface area contributed by atoms with Crippen molar-refractivity contribution in [1.82, 2.24) is 15.2 Å². The summed E-state index contributed by atoms with van der Waals surface area (Å²) in [5.74, 6) is 1.03. The molecule has 2 amide bonds. The van der Waals surface area contributed by atoms with E-state index in [1.54, 1.807) is 18.7 Å². The first-order valence-electron chi connectivity index (χ1n) is 6.33. The number of oxazole rings is 1. The fourth-order valence-corrected chi connectivity index (χ4v) is 2.12. The summed E-state index contributed by atoms with van der Waals surface area (Å²) in [7, 11) is 0. The van der Waals surface area contributed by atoms with Crippen LogP contribution in [0, 0.1) is 13.8 Å². The predicted molar refractivity (Wildman–Crippen MR) is 68.2 cm³/mol. The van der Waals surface area contributed by atoms with Gasteiger partial charge in [-0.2, -0.15) is 0 Å². The van der Waals surface area contributed by atoms with Crippen LogP contribution in [0.25, 0.3) is 0 Å². The Morgan fingerprint density at radius 3 is 2.63 bits per heavy atom. The minimum absolute atomic E-state index is 0.111. The zero-order valence-electron chi connectivity index (χ0n) is 11.7. The van der Waals surface area contributed by atoms with Crippen LogP contribution in [-0.2, 0) is 16.1 Å². The average Bonchev–Trinajstić information content (AvgIpc) is 2.57. The van der Waals surface area contributed by atoms with Crippen LogP contribution < -0.4 is 5.32 Å². The van der Waals surface area contributed by atoms with Crippen molar-refractivity contribution in [3.05, 3.63) is 17.3 Å². The molecule has 1 aromatic rings. The summed E-state index contributed by atoms with van der Waals surface area (Å²) in [6, 6.07) is 0. The molecule has 0 bridgehead atoms. The fourth-order valence-electron chi connectivity index (χ4n) is 2.12. The summed E-state index contributed by atoms with van der Waals surface area (Å²) in [6.07, 6.45) is 0.299. The van der Waals surface area contributed by atoms with Crippen LogP contribution in [0.5, 0.6) is 0 Å². The summed E-state index contributed by atoms with van der Waals surface area (Å²) >= 11 is 0. The van der Waals surface area contributed by atoms with Crippen molar-refractivity contribution in [3.8, 4) is 0 Å². The maximum atomic E-state index is 12.4. The summed E-state index contributed by atoms with van der Waals surface area (Å²) in [4.78, 5) is 29.8. The van der Waals surface area contributed by atoms with Gasteiger partial charge in [-0.1, -0.05) is 0 Å². The molecule has 0 aromatic carbocycles. The van der Waals surface area contributed by atoms with Gasteiger partial charge in [0.05, 0.1) is 12.2 Å². The topological polar surface area (TPSA) is 75.4 Å². The summed E-state index contributed by atoms with van der Waals surface area (Å²) in [5, 5.41) is 2.72. The Hall–Kier alpha value is -1.85. The zero-order valence-corrected chi connectivity index (χ0v) is 11.7. The molecule has 1 aliphatic rings. The normalized spacial score (nSPS) is 19.3. The fraction of sp³-hybridized carbons (Fsp3) is 0.615. The second-order valence-electron chi connectivity index (χ2n) is 5.40. The molecule has 6 heteroatoms. The molecular weight excluding hydrogens is 246 g/mol. The van der Waals surface area contributed by atoms with Crippen LogP contribution in [0.3, 0.4) is 0 Å². The molecule has 1 aromatic heterocycles. The van der Waals surface area contributed by atoms with Gasteiger partial charge in [-0.25, -0.2) is 4.98 Å².